The summed E-state index contributed by atoms with van der Waals surface area (Å²) in [6.45, 7) is -0.250. The van der Waals surface area contributed by atoms with Gasteiger partial charge in [-0.05, 0) is 68.1 Å². The summed E-state index contributed by atoms with van der Waals surface area (Å²) in [4.78, 5) is 23.5. The maximum atomic E-state index is 13.2. The minimum Gasteiger partial charge on any atom is -0.483 e. The first kappa shape index (κ1) is 22.4. The molecule has 0 spiro atoms. The number of fused-ring (bicyclic) bond motifs is 2. The molecular formula is C23H27FN4O3. The minimum absolute atomic E-state index is 0.100. The van der Waals surface area contributed by atoms with Crippen molar-refractivity contribution in [3.63, 3.8) is 0 Å². The van der Waals surface area contributed by atoms with Crippen LogP contribution >= 0.6 is 0 Å². The van der Waals surface area contributed by atoms with E-state index in [2.05, 4.69) is 17.3 Å². The lowest BCUT2D eigenvalue weighted by Gasteiger charge is -2.36. The Morgan fingerprint density at radius 3 is 2.29 bits per heavy atom. The predicted octanol–water partition coefficient (Wildman–Crippen LogP) is 2.88. The highest BCUT2D eigenvalue weighted by Crippen LogP contribution is 2.34. The molecule has 2 aromatic rings. The van der Waals surface area contributed by atoms with Gasteiger partial charge in [0, 0.05) is 29.4 Å². The van der Waals surface area contributed by atoms with E-state index in [0.29, 0.717) is 23.3 Å². The first-order valence-corrected chi connectivity index (χ1v) is 10.2. The molecule has 0 aromatic heterocycles. The SMILES string of the molecule is CN1C2CCC1CC(NC(=O)C(=N)c1cc(-c3ccc(F)cc3)ccc1N)C2.O=CO. The normalized spacial score (nSPS) is 22.2. The molecule has 2 heterocycles. The summed E-state index contributed by atoms with van der Waals surface area (Å²) < 4.78 is 13.2. The van der Waals surface area contributed by atoms with Crippen molar-refractivity contribution in [3.05, 3.63) is 53.8 Å². The third-order valence-corrected chi connectivity index (χ3v) is 6.16. The number of halogens is 1. The monoisotopic (exact) mass is 426 g/mol. The molecular weight excluding hydrogens is 399 g/mol. The van der Waals surface area contributed by atoms with Crippen LogP contribution < -0.4 is 11.1 Å². The number of rotatable bonds is 4. The lowest BCUT2D eigenvalue weighted by Crippen LogP contribution is -2.50. The van der Waals surface area contributed by atoms with Crippen molar-refractivity contribution in [2.45, 2.75) is 43.8 Å². The number of carboxylic acid groups (broad SMARTS) is 1. The van der Waals surface area contributed by atoms with Crippen LogP contribution in [0.25, 0.3) is 11.1 Å². The van der Waals surface area contributed by atoms with Crippen molar-refractivity contribution >= 4 is 23.8 Å². The summed E-state index contributed by atoms with van der Waals surface area (Å²) in [5.74, 6) is -0.699. The summed E-state index contributed by atoms with van der Waals surface area (Å²) in [7, 11) is 2.16. The predicted molar refractivity (Wildman–Crippen MR) is 118 cm³/mol. The number of carbonyl (C=O) groups is 2. The minimum atomic E-state index is -0.392. The second kappa shape index (κ2) is 9.70. The van der Waals surface area contributed by atoms with E-state index in [4.69, 9.17) is 21.0 Å². The number of hydrogen-bond acceptors (Lipinski definition) is 5. The van der Waals surface area contributed by atoms with Gasteiger partial charge in [-0.15, -0.1) is 0 Å². The van der Waals surface area contributed by atoms with Crippen molar-refractivity contribution in [2.24, 2.45) is 0 Å². The van der Waals surface area contributed by atoms with E-state index in [0.717, 1.165) is 24.0 Å². The van der Waals surface area contributed by atoms with Crippen molar-refractivity contribution in [1.82, 2.24) is 10.2 Å². The van der Waals surface area contributed by atoms with Crippen LogP contribution in [-0.4, -0.2) is 53.3 Å². The number of carbonyl (C=O) groups excluding carboxylic acids is 1. The van der Waals surface area contributed by atoms with E-state index < -0.39 is 5.91 Å². The Balaban J connectivity index is 0.000000858. The molecule has 2 saturated heterocycles. The van der Waals surface area contributed by atoms with Crippen LogP contribution in [-0.2, 0) is 9.59 Å². The highest BCUT2D eigenvalue weighted by atomic mass is 19.1. The van der Waals surface area contributed by atoms with Crippen LogP contribution in [0.5, 0.6) is 0 Å². The number of hydrogen-bond donors (Lipinski definition) is 4. The van der Waals surface area contributed by atoms with Crippen molar-refractivity contribution < 1.29 is 19.1 Å². The zero-order valence-electron chi connectivity index (χ0n) is 17.3. The zero-order chi connectivity index (χ0) is 22.5. The number of benzene rings is 2. The van der Waals surface area contributed by atoms with Gasteiger partial charge in [0.25, 0.3) is 12.4 Å². The third kappa shape index (κ3) is 5.08. The van der Waals surface area contributed by atoms with E-state index in [-0.39, 0.29) is 24.0 Å². The molecule has 0 radical (unpaired) electrons. The lowest BCUT2D eigenvalue weighted by molar-refractivity contribution is -0.123. The van der Waals surface area contributed by atoms with Crippen molar-refractivity contribution in [3.8, 4) is 11.1 Å². The van der Waals surface area contributed by atoms with Gasteiger partial charge in [-0.1, -0.05) is 18.2 Å². The van der Waals surface area contributed by atoms with Gasteiger partial charge in [0.2, 0.25) is 0 Å². The van der Waals surface area contributed by atoms with E-state index in [1.807, 2.05) is 6.07 Å². The Labute approximate surface area is 180 Å². The maximum absolute atomic E-state index is 13.2. The van der Waals surface area contributed by atoms with E-state index in [1.54, 1.807) is 24.3 Å². The Kier molecular flexibility index (Phi) is 7.02. The first-order valence-electron chi connectivity index (χ1n) is 10.2. The molecule has 8 heteroatoms. The fourth-order valence-electron chi connectivity index (χ4n) is 4.50. The molecule has 7 nitrogen and oxygen atoms in total. The summed E-state index contributed by atoms with van der Waals surface area (Å²) in [5.41, 5.74) is 8.30. The van der Waals surface area contributed by atoms with Gasteiger partial charge in [-0.2, -0.15) is 0 Å². The molecule has 2 unspecified atom stereocenters. The van der Waals surface area contributed by atoms with Crippen LogP contribution in [0.3, 0.4) is 0 Å². The molecule has 2 bridgehead atoms. The smallest absolute Gasteiger partial charge is 0.290 e. The van der Waals surface area contributed by atoms with Crippen LogP contribution in [0.1, 0.15) is 31.2 Å². The Morgan fingerprint density at radius 2 is 1.71 bits per heavy atom. The number of nitrogens with one attached hydrogen (secondary N) is 2. The molecule has 2 aliphatic heterocycles. The summed E-state index contributed by atoms with van der Waals surface area (Å²) in [5, 5.41) is 18.3. The Bertz CT molecular complexity index is 950. The number of nitrogens with zero attached hydrogens (tertiary/aromatic N) is 1. The molecule has 2 fully saturated rings. The van der Waals surface area contributed by atoms with E-state index in [1.165, 1.54) is 25.0 Å². The number of nitrogens with two attached hydrogens (primary N) is 1. The molecule has 4 rings (SSSR count). The second-order valence-electron chi connectivity index (χ2n) is 7.98. The second-order valence-corrected chi connectivity index (χ2v) is 7.98. The highest BCUT2D eigenvalue weighted by Gasteiger charge is 2.39. The molecule has 2 atom stereocenters. The molecule has 164 valence electrons. The number of piperidine rings is 1. The average molecular weight is 426 g/mol. The Morgan fingerprint density at radius 1 is 1.16 bits per heavy atom. The lowest BCUT2D eigenvalue weighted by atomic mass is 9.96. The standard InChI is InChI=1S/C22H25FN4O.CH2O2/c1-27-17-7-8-18(27)12-16(11-17)26-22(28)21(25)19-10-14(4-9-20(19)24)13-2-5-15(23)6-3-13;2-1-3/h2-6,9-10,16-18,25H,7-8,11-12,24H2,1H3,(H,26,28);1H,(H,2,3). The van der Waals surface area contributed by atoms with Gasteiger partial charge < -0.3 is 21.1 Å². The molecule has 2 aliphatic rings. The van der Waals surface area contributed by atoms with Crippen LogP contribution in [0.2, 0.25) is 0 Å². The summed E-state index contributed by atoms with van der Waals surface area (Å²) in [6.07, 6.45) is 4.21. The third-order valence-electron chi connectivity index (χ3n) is 6.16. The highest BCUT2D eigenvalue weighted by molar-refractivity contribution is 6.45. The molecule has 5 N–H and O–H groups in total. The fourth-order valence-corrected chi connectivity index (χ4v) is 4.50. The average Bonchev–Trinajstić information content (AvgIpc) is 2.95. The number of nitrogen functional groups attached to an aromatic ring is 1. The van der Waals surface area contributed by atoms with Gasteiger partial charge in [0.05, 0.1) is 0 Å². The van der Waals surface area contributed by atoms with Gasteiger partial charge in [-0.25, -0.2) is 4.39 Å². The van der Waals surface area contributed by atoms with E-state index in [9.17, 15) is 9.18 Å². The maximum Gasteiger partial charge on any atom is 0.290 e. The summed E-state index contributed by atoms with van der Waals surface area (Å²) >= 11 is 0. The molecule has 31 heavy (non-hydrogen) atoms. The quantitative estimate of drug-likeness (QED) is 0.340. The Hall–Kier alpha value is -3.26. The zero-order valence-corrected chi connectivity index (χ0v) is 17.3. The fraction of sp³-hybridized carbons (Fsp3) is 0.348. The van der Waals surface area contributed by atoms with Gasteiger partial charge in [0.15, 0.2) is 0 Å². The van der Waals surface area contributed by atoms with Crippen molar-refractivity contribution in [1.29, 1.82) is 5.41 Å². The van der Waals surface area contributed by atoms with Gasteiger partial charge in [-0.3, -0.25) is 15.0 Å². The molecule has 2 aromatic carbocycles. The van der Waals surface area contributed by atoms with Gasteiger partial charge in [0.1, 0.15) is 11.5 Å². The molecule has 0 aliphatic carbocycles. The number of amides is 1. The van der Waals surface area contributed by atoms with Crippen LogP contribution in [0, 0.1) is 11.2 Å². The topological polar surface area (TPSA) is 120 Å². The van der Waals surface area contributed by atoms with Crippen molar-refractivity contribution in [2.75, 3.05) is 12.8 Å². The summed E-state index contributed by atoms with van der Waals surface area (Å²) in [6, 6.07) is 12.5. The van der Waals surface area contributed by atoms with Crippen LogP contribution in [0.15, 0.2) is 42.5 Å². The first-order chi connectivity index (χ1) is 14.8. The largest absolute Gasteiger partial charge is 0.483 e. The number of anilines is 1. The van der Waals surface area contributed by atoms with E-state index >= 15 is 0 Å². The molecule has 0 saturated carbocycles. The van der Waals surface area contributed by atoms with Gasteiger partial charge >= 0.3 is 0 Å². The molecule has 1 amide bonds. The van der Waals surface area contributed by atoms with Crippen LogP contribution in [0.4, 0.5) is 10.1 Å².